The fourth-order valence-corrected chi connectivity index (χ4v) is 1.54. The Morgan fingerprint density at radius 3 is 2.16 bits per heavy atom. The molecule has 0 aromatic heterocycles. The van der Waals surface area contributed by atoms with E-state index in [1.807, 2.05) is 13.8 Å². The van der Waals surface area contributed by atoms with Crippen molar-refractivity contribution >= 4 is 17.8 Å². The van der Waals surface area contributed by atoms with Gasteiger partial charge in [-0.1, -0.05) is 13.8 Å². The van der Waals surface area contributed by atoms with E-state index in [4.69, 9.17) is 0 Å². The van der Waals surface area contributed by atoms with Gasteiger partial charge >= 0.3 is 5.97 Å². The van der Waals surface area contributed by atoms with E-state index in [9.17, 15) is 14.4 Å². The maximum atomic E-state index is 11.7. The number of ether oxygens (including phenoxy) is 1. The van der Waals surface area contributed by atoms with Crippen LogP contribution in [0.5, 0.6) is 0 Å². The smallest absolute Gasteiger partial charge is 0.328 e. The minimum absolute atomic E-state index is 0.0720. The monoisotopic (exact) mass is 272 g/mol. The minimum Gasteiger partial charge on any atom is -0.467 e. The third kappa shape index (κ3) is 7.43. The van der Waals surface area contributed by atoms with E-state index in [-0.39, 0.29) is 30.6 Å². The Morgan fingerprint density at radius 1 is 1.16 bits per heavy atom. The Kier molecular flexibility index (Phi) is 7.79. The number of hydrogen-bond acceptors (Lipinski definition) is 4. The molecule has 1 atom stereocenters. The SMILES string of the molecule is COC(=O)[C@@H](CC(C)C)NC(=O)CCC(=O)N(C)C. The highest BCUT2D eigenvalue weighted by atomic mass is 16.5. The molecule has 0 aliphatic rings. The summed E-state index contributed by atoms with van der Waals surface area (Å²) in [5.41, 5.74) is 0. The third-order valence-electron chi connectivity index (χ3n) is 2.59. The van der Waals surface area contributed by atoms with Crippen molar-refractivity contribution in [2.75, 3.05) is 21.2 Å². The molecule has 0 radical (unpaired) electrons. The largest absolute Gasteiger partial charge is 0.467 e. The lowest BCUT2D eigenvalue weighted by Gasteiger charge is -2.18. The molecule has 1 N–H and O–H groups in total. The van der Waals surface area contributed by atoms with E-state index >= 15 is 0 Å². The van der Waals surface area contributed by atoms with Gasteiger partial charge in [-0.3, -0.25) is 9.59 Å². The number of esters is 1. The number of carbonyl (C=O) groups excluding carboxylic acids is 3. The Morgan fingerprint density at radius 2 is 1.74 bits per heavy atom. The van der Waals surface area contributed by atoms with Crippen LogP contribution in [0.25, 0.3) is 0 Å². The van der Waals surface area contributed by atoms with E-state index in [0.29, 0.717) is 6.42 Å². The van der Waals surface area contributed by atoms with Gasteiger partial charge in [0.15, 0.2) is 0 Å². The van der Waals surface area contributed by atoms with Crippen molar-refractivity contribution in [3.63, 3.8) is 0 Å². The highest BCUT2D eigenvalue weighted by molar-refractivity contribution is 5.87. The van der Waals surface area contributed by atoms with Gasteiger partial charge in [0.2, 0.25) is 11.8 Å². The molecule has 0 saturated heterocycles. The van der Waals surface area contributed by atoms with Gasteiger partial charge in [0.25, 0.3) is 0 Å². The number of nitrogens with one attached hydrogen (secondary N) is 1. The molecule has 0 aliphatic heterocycles. The zero-order valence-electron chi connectivity index (χ0n) is 12.4. The summed E-state index contributed by atoms with van der Waals surface area (Å²) in [5.74, 6) is -0.631. The first kappa shape index (κ1) is 17.4. The van der Waals surface area contributed by atoms with Crippen molar-refractivity contribution in [2.45, 2.75) is 39.2 Å². The van der Waals surface area contributed by atoms with Crippen molar-refractivity contribution in [2.24, 2.45) is 5.92 Å². The maximum absolute atomic E-state index is 11.7. The average Bonchev–Trinajstić information content (AvgIpc) is 2.33. The molecule has 0 rings (SSSR count). The Balaban J connectivity index is 4.31. The lowest BCUT2D eigenvalue weighted by molar-refractivity contribution is -0.145. The number of hydrogen-bond donors (Lipinski definition) is 1. The molecule has 6 nitrogen and oxygen atoms in total. The van der Waals surface area contributed by atoms with Crippen molar-refractivity contribution in [1.29, 1.82) is 0 Å². The topological polar surface area (TPSA) is 75.7 Å². The minimum atomic E-state index is -0.646. The van der Waals surface area contributed by atoms with Gasteiger partial charge in [0, 0.05) is 26.9 Å². The van der Waals surface area contributed by atoms with Gasteiger partial charge < -0.3 is 15.0 Å². The molecular weight excluding hydrogens is 248 g/mol. The van der Waals surface area contributed by atoms with Gasteiger partial charge in [0.1, 0.15) is 6.04 Å². The van der Waals surface area contributed by atoms with E-state index < -0.39 is 12.0 Å². The molecule has 0 spiro atoms. The molecule has 0 unspecified atom stereocenters. The fraction of sp³-hybridized carbons (Fsp3) is 0.769. The highest BCUT2D eigenvalue weighted by Gasteiger charge is 2.22. The zero-order chi connectivity index (χ0) is 15.0. The first-order valence-corrected chi connectivity index (χ1v) is 6.35. The Labute approximate surface area is 114 Å². The molecule has 0 aromatic rings. The van der Waals surface area contributed by atoms with Crippen LogP contribution in [0.3, 0.4) is 0 Å². The number of carbonyl (C=O) groups is 3. The number of nitrogens with zero attached hydrogens (tertiary/aromatic N) is 1. The molecule has 6 heteroatoms. The van der Waals surface area contributed by atoms with Crippen LogP contribution in [0, 0.1) is 5.92 Å². The van der Waals surface area contributed by atoms with Crippen LogP contribution in [-0.2, 0) is 19.1 Å². The molecule has 0 bridgehead atoms. The standard InChI is InChI=1S/C13H24N2O4/c1-9(2)8-10(13(18)19-5)14-11(16)6-7-12(17)15(3)4/h9-10H,6-8H2,1-5H3,(H,14,16)/t10-/m1/s1. The van der Waals surface area contributed by atoms with Gasteiger partial charge in [-0.05, 0) is 12.3 Å². The normalized spacial score (nSPS) is 11.9. The molecule has 0 saturated carbocycles. The second-order valence-electron chi connectivity index (χ2n) is 5.06. The van der Waals surface area contributed by atoms with Crippen LogP contribution in [0.1, 0.15) is 33.1 Å². The summed E-state index contributed by atoms with van der Waals surface area (Å²) in [5, 5.41) is 2.61. The van der Waals surface area contributed by atoms with Crippen LogP contribution in [-0.4, -0.2) is 49.9 Å². The van der Waals surface area contributed by atoms with Crippen molar-refractivity contribution in [1.82, 2.24) is 10.2 Å². The number of amides is 2. The molecule has 2 amide bonds. The summed E-state index contributed by atoms with van der Waals surface area (Å²) in [4.78, 5) is 36.0. The molecule has 0 fully saturated rings. The molecule has 19 heavy (non-hydrogen) atoms. The summed E-state index contributed by atoms with van der Waals surface area (Å²) in [6, 6.07) is -0.646. The van der Waals surface area contributed by atoms with Gasteiger partial charge in [-0.2, -0.15) is 0 Å². The third-order valence-corrected chi connectivity index (χ3v) is 2.59. The first-order chi connectivity index (χ1) is 8.77. The summed E-state index contributed by atoms with van der Waals surface area (Å²) < 4.78 is 4.65. The van der Waals surface area contributed by atoms with E-state index in [0.717, 1.165) is 0 Å². The summed E-state index contributed by atoms with van der Waals surface area (Å²) >= 11 is 0. The van der Waals surface area contributed by atoms with Gasteiger partial charge in [-0.25, -0.2) is 4.79 Å². The fourth-order valence-electron chi connectivity index (χ4n) is 1.54. The van der Waals surface area contributed by atoms with Crippen LogP contribution in [0.15, 0.2) is 0 Å². The Bertz CT molecular complexity index is 327. The molecule has 0 aliphatic carbocycles. The lowest BCUT2D eigenvalue weighted by atomic mass is 10.0. The van der Waals surface area contributed by atoms with Crippen LogP contribution < -0.4 is 5.32 Å². The summed E-state index contributed by atoms with van der Waals surface area (Å²) in [6.45, 7) is 3.91. The quantitative estimate of drug-likeness (QED) is 0.687. The molecule has 0 heterocycles. The molecular formula is C13H24N2O4. The van der Waals surface area contributed by atoms with Gasteiger partial charge in [-0.15, -0.1) is 0 Å². The van der Waals surface area contributed by atoms with Crippen LogP contribution >= 0.6 is 0 Å². The van der Waals surface area contributed by atoms with Gasteiger partial charge in [0.05, 0.1) is 7.11 Å². The second-order valence-corrected chi connectivity index (χ2v) is 5.06. The second kappa shape index (κ2) is 8.50. The number of rotatable bonds is 7. The van der Waals surface area contributed by atoms with Crippen LogP contribution in [0.2, 0.25) is 0 Å². The summed E-state index contributed by atoms with van der Waals surface area (Å²) in [6.07, 6.45) is 0.719. The van der Waals surface area contributed by atoms with Crippen molar-refractivity contribution in [3.05, 3.63) is 0 Å². The van der Waals surface area contributed by atoms with Crippen molar-refractivity contribution in [3.8, 4) is 0 Å². The van der Waals surface area contributed by atoms with Crippen molar-refractivity contribution < 1.29 is 19.1 Å². The van der Waals surface area contributed by atoms with E-state index in [1.165, 1.54) is 12.0 Å². The predicted molar refractivity (Wildman–Crippen MR) is 71.3 cm³/mol. The van der Waals surface area contributed by atoms with E-state index in [2.05, 4.69) is 10.1 Å². The molecule has 0 aromatic carbocycles. The highest BCUT2D eigenvalue weighted by Crippen LogP contribution is 2.07. The summed E-state index contributed by atoms with van der Waals surface area (Å²) in [7, 11) is 4.56. The first-order valence-electron chi connectivity index (χ1n) is 6.35. The lowest BCUT2D eigenvalue weighted by Crippen LogP contribution is -2.42. The van der Waals surface area contributed by atoms with E-state index in [1.54, 1.807) is 14.1 Å². The van der Waals surface area contributed by atoms with Crippen LogP contribution in [0.4, 0.5) is 0 Å². The zero-order valence-corrected chi connectivity index (χ0v) is 12.4. The maximum Gasteiger partial charge on any atom is 0.328 e. The molecule has 110 valence electrons. The Hall–Kier alpha value is -1.59. The predicted octanol–water partition coefficient (Wildman–Crippen LogP) is 0.559. The average molecular weight is 272 g/mol. The number of methoxy groups -OCH3 is 1.